The quantitative estimate of drug-likeness (QED) is 0.751. The summed E-state index contributed by atoms with van der Waals surface area (Å²) < 4.78 is 25.8. The Morgan fingerprint density at radius 2 is 2.18 bits per heavy atom. The summed E-state index contributed by atoms with van der Waals surface area (Å²) in [6.07, 6.45) is 0.769. The van der Waals surface area contributed by atoms with Gasteiger partial charge in [-0.1, -0.05) is 6.07 Å². The van der Waals surface area contributed by atoms with E-state index in [1.807, 2.05) is 0 Å². The molecule has 94 valence electrons. The Kier molecular flexibility index (Phi) is 3.37. The smallest absolute Gasteiger partial charge is 0.243 e. The van der Waals surface area contributed by atoms with Crippen molar-refractivity contribution >= 4 is 15.7 Å². The molecule has 1 atom stereocenters. The van der Waals surface area contributed by atoms with Crippen LogP contribution in [0.5, 0.6) is 0 Å². The van der Waals surface area contributed by atoms with Crippen LogP contribution in [0, 0.1) is 0 Å². The number of nitrogen functional groups attached to an aromatic ring is 1. The van der Waals surface area contributed by atoms with Crippen LogP contribution in [0.1, 0.15) is 12.8 Å². The first kappa shape index (κ1) is 12.3. The third-order valence-electron chi connectivity index (χ3n) is 2.86. The van der Waals surface area contributed by atoms with E-state index in [0.29, 0.717) is 25.1 Å². The van der Waals surface area contributed by atoms with Crippen molar-refractivity contribution in [3.63, 3.8) is 0 Å². The molecule has 0 bridgehead atoms. The van der Waals surface area contributed by atoms with Gasteiger partial charge in [0, 0.05) is 18.8 Å². The maximum atomic E-state index is 12.2. The number of nitrogens with two attached hydrogens (primary N) is 1. The van der Waals surface area contributed by atoms with Crippen LogP contribution >= 0.6 is 0 Å². The second kappa shape index (κ2) is 4.64. The highest BCUT2D eigenvalue weighted by atomic mass is 32.2. The largest absolute Gasteiger partial charge is 0.399 e. The molecule has 0 amide bonds. The highest BCUT2D eigenvalue weighted by Gasteiger charge is 2.29. The number of piperidine rings is 1. The Morgan fingerprint density at radius 3 is 2.82 bits per heavy atom. The first-order chi connectivity index (χ1) is 8.00. The average Bonchev–Trinajstić information content (AvgIpc) is 2.29. The summed E-state index contributed by atoms with van der Waals surface area (Å²) >= 11 is 0. The normalized spacial score (nSPS) is 22.5. The molecule has 6 heteroatoms. The van der Waals surface area contributed by atoms with Crippen molar-refractivity contribution in [1.29, 1.82) is 0 Å². The summed E-state index contributed by atoms with van der Waals surface area (Å²) in [4.78, 5) is 0.187. The molecule has 1 unspecified atom stereocenters. The Balaban J connectivity index is 2.29. The van der Waals surface area contributed by atoms with Crippen LogP contribution in [-0.2, 0) is 10.0 Å². The molecule has 0 aromatic heterocycles. The Hall–Kier alpha value is -1.11. The lowest BCUT2D eigenvalue weighted by molar-refractivity contribution is 0.108. The summed E-state index contributed by atoms with van der Waals surface area (Å²) in [6.45, 7) is 0.616. The van der Waals surface area contributed by atoms with Gasteiger partial charge < -0.3 is 10.8 Å². The van der Waals surface area contributed by atoms with Gasteiger partial charge in [-0.3, -0.25) is 0 Å². The molecule has 0 spiro atoms. The number of β-amino-alcohol motifs (C(OH)–C–C–N with tert-alkyl or cyclic N) is 1. The van der Waals surface area contributed by atoms with Crippen LogP contribution < -0.4 is 5.73 Å². The molecule has 17 heavy (non-hydrogen) atoms. The molecular formula is C11H16N2O3S. The Bertz CT molecular complexity index is 501. The first-order valence-corrected chi connectivity index (χ1v) is 6.98. The van der Waals surface area contributed by atoms with Gasteiger partial charge in [0.05, 0.1) is 11.0 Å². The highest BCUT2D eigenvalue weighted by Crippen LogP contribution is 2.21. The summed E-state index contributed by atoms with van der Waals surface area (Å²) in [5.41, 5.74) is 6.00. The lowest BCUT2D eigenvalue weighted by Gasteiger charge is -2.29. The summed E-state index contributed by atoms with van der Waals surface area (Å²) in [5.74, 6) is 0. The van der Waals surface area contributed by atoms with Gasteiger partial charge in [0.2, 0.25) is 10.0 Å². The molecule has 1 aromatic rings. The third kappa shape index (κ3) is 2.59. The van der Waals surface area contributed by atoms with E-state index < -0.39 is 16.1 Å². The minimum absolute atomic E-state index is 0.164. The van der Waals surface area contributed by atoms with Crippen molar-refractivity contribution in [2.75, 3.05) is 18.8 Å². The van der Waals surface area contributed by atoms with Crippen molar-refractivity contribution in [3.8, 4) is 0 Å². The van der Waals surface area contributed by atoms with Gasteiger partial charge in [-0.15, -0.1) is 0 Å². The second-order valence-electron chi connectivity index (χ2n) is 4.23. The van der Waals surface area contributed by atoms with E-state index in [1.54, 1.807) is 12.1 Å². The highest BCUT2D eigenvalue weighted by molar-refractivity contribution is 7.89. The average molecular weight is 256 g/mol. The van der Waals surface area contributed by atoms with Crippen LogP contribution in [0.25, 0.3) is 0 Å². The van der Waals surface area contributed by atoms with Crippen molar-refractivity contribution in [2.24, 2.45) is 0 Å². The van der Waals surface area contributed by atoms with Crippen LogP contribution in [0.15, 0.2) is 29.2 Å². The summed E-state index contributed by atoms with van der Waals surface area (Å²) in [7, 11) is -3.52. The molecule has 1 aromatic carbocycles. The molecule has 0 aliphatic carbocycles. The molecule has 0 saturated carbocycles. The number of rotatable bonds is 2. The molecule has 1 saturated heterocycles. The molecule has 3 N–H and O–H groups in total. The zero-order valence-corrected chi connectivity index (χ0v) is 10.2. The van der Waals surface area contributed by atoms with E-state index in [0.717, 1.165) is 0 Å². The van der Waals surface area contributed by atoms with E-state index in [9.17, 15) is 13.5 Å². The molecule has 1 fully saturated rings. The van der Waals surface area contributed by atoms with E-state index in [4.69, 9.17) is 5.73 Å². The van der Waals surface area contributed by atoms with E-state index >= 15 is 0 Å². The van der Waals surface area contributed by atoms with Crippen LogP contribution in [0.4, 0.5) is 5.69 Å². The number of anilines is 1. The minimum Gasteiger partial charge on any atom is -0.399 e. The van der Waals surface area contributed by atoms with Gasteiger partial charge in [0.1, 0.15) is 0 Å². The molecule has 1 aliphatic rings. The fourth-order valence-electron chi connectivity index (χ4n) is 1.96. The van der Waals surface area contributed by atoms with E-state index in [2.05, 4.69) is 0 Å². The monoisotopic (exact) mass is 256 g/mol. The van der Waals surface area contributed by atoms with Crippen LogP contribution in [-0.4, -0.2) is 37.0 Å². The minimum atomic E-state index is -3.52. The fraction of sp³-hybridized carbons (Fsp3) is 0.455. The zero-order chi connectivity index (χ0) is 12.5. The SMILES string of the molecule is Nc1cccc(S(=O)(=O)N2CCCC(O)C2)c1. The number of nitrogens with zero attached hydrogens (tertiary/aromatic N) is 1. The van der Waals surface area contributed by atoms with Crippen molar-refractivity contribution < 1.29 is 13.5 Å². The number of hydrogen-bond acceptors (Lipinski definition) is 4. The zero-order valence-electron chi connectivity index (χ0n) is 9.41. The first-order valence-electron chi connectivity index (χ1n) is 5.54. The molecule has 1 aliphatic heterocycles. The van der Waals surface area contributed by atoms with Gasteiger partial charge in [0.15, 0.2) is 0 Å². The molecule has 1 heterocycles. The van der Waals surface area contributed by atoms with Crippen molar-refractivity contribution in [2.45, 2.75) is 23.8 Å². The van der Waals surface area contributed by atoms with E-state index in [1.165, 1.54) is 16.4 Å². The van der Waals surface area contributed by atoms with E-state index in [-0.39, 0.29) is 11.4 Å². The van der Waals surface area contributed by atoms with Crippen LogP contribution in [0.3, 0.4) is 0 Å². The molecule has 0 radical (unpaired) electrons. The van der Waals surface area contributed by atoms with Gasteiger partial charge in [-0.2, -0.15) is 4.31 Å². The Morgan fingerprint density at radius 1 is 1.41 bits per heavy atom. The molecule has 2 rings (SSSR count). The number of aliphatic hydroxyl groups is 1. The lowest BCUT2D eigenvalue weighted by Crippen LogP contribution is -2.42. The van der Waals surface area contributed by atoms with Gasteiger partial charge in [-0.25, -0.2) is 8.42 Å². The fourth-order valence-corrected chi connectivity index (χ4v) is 3.53. The molecular weight excluding hydrogens is 240 g/mol. The Labute approximate surface area is 101 Å². The van der Waals surface area contributed by atoms with Gasteiger partial charge >= 0.3 is 0 Å². The van der Waals surface area contributed by atoms with Crippen molar-refractivity contribution in [1.82, 2.24) is 4.31 Å². The lowest BCUT2D eigenvalue weighted by atomic mass is 10.1. The third-order valence-corrected chi connectivity index (χ3v) is 4.72. The standard InChI is InChI=1S/C11H16N2O3S/c12-9-3-1-5-11(7-9)17(15,16)13-6-2-4-10(14)8-13/h1,3,5,7,10,14H,2,4,6,8,12H2. The maximum Gasteiger partial charge on any atom is 0.243 e. The number of benzene rings is 1. The van der Waals surface area contributed by atoms with Gasteiger partial charge in [-0.05, 0) is 31.0 Å². The van der Waals surface area contributed by atoms with Gasteiger partial charge in [0.25, 0.3) is 0 Å². The van der Waals surface area contributed by atoms with Crippen molar-refractivity contribution in [3.05, 3.63) is 24.3 Å². The predicted molar refractivity (Wildman–Crippen MR) is 64.9 cm³/mol. The summed E-state index contributed by atoms with van der Waals surface area (Å²) in [5, 5.41) is 9.51. The topological polar surface area (TPSA) is 83.6 Å². The number of hydrogen-bond donors (Lipinski definition) is 2. The maximum absolute atomic E-state index is 12.2. The predicted octanol–water partition coefficient (Wildman–Crippen LogP) is 0.414. The second-order valence-corrected chi connectivity index (χ2v) is 6.17. The number of aliphatic hydroxyl groups excluding tert-OH is 1. The van der Waals surface area contributed by atoms with Crippen LogP contribution in [0.2, 0.25) is 0 Å². The number of sulfonamides is 1. The summed E-state index contributed by atoms with van der Waals surface area (Å²) in [6, 6.07) is 6.22. The molecule has 5 nitrogen and oxygen atoms in total.